The molecule has 0 spiro atoms. The van der Waals surface area contributed by atoms with Crippen LogP contribution in [0, 0.1) is 0 Å². The summed E-state index contributed by atoms with van der Waals surface area (Å²) in [5.74, 6) is 0.265. The number of hydrogen-bond acceptors (Lipinski definition) is 3. The van der Waals surface area contributed by atoms with Crippen molar-refractivity contribution in [2.45, 2.75) is 6.36 Å². The first kappa shape index (κ1) is 15.1. The minimum absolute atomic E-state index is 0.190. The third kappa shape index (κ3) is 4.38. The van der Waals surface area contributed by atoms with E-state index in [0.29, 0.717) is 16.1 Å². The van der Waals surface area contributed by atoms with Crippen molar-refractivity contribution in [2.75, 3.05) is 5.32 Å². The van der Waals surface area contributed by atoms with Crippen molar-refractivity contribution in [2.24, 2.45) is 0 Å². The smallest absolute Gasteiger partial charge is 0.405 e. The van der Waals surface area contributed by atoms with Crippen LogP contribution in [0.25, 0.3) is 0 Å². The summed E-state index contributed by atoms with van der Waals surface area (Å²) >= 11 is 6.26. The van der Waals surface area contributed by atoms with Gasteiger partial charge in [-0.1, -0.05) is 6.07 Å². The molecule has 1 heterocycles. The maximum absolute atomic E-state index is 12.1. The van der Waals surface area contributed by atoms with Gasteiger partial charge in [-0.25, -0.2) is 4.98 Å². The molecule has 2 rings (SSSR count). The van der Waals surface area contributed by atoms with Gasteiger partial charge in [0.25, 0.3) is 0 Å². The number of nitrogens with one attached hydrogen (secondary N) is 1. The zero-order valence-corrected chi connectivity index (χ0v) is 12.9. The predicted molar refractivity (Wildman–Crippen MR) is 76.0 cm³/mol. The first-order valence-electron chi connectivity index (χ1n) is 5.28. The number of nitrogens with zero attached hydrogens (tertiary/aromatic N) is 1. The van der Waals surface area contributed by atoms with Gasteiger partial charge in [-0.05, 0) is 62.2 Å². The van der Waals surface area contributed by atoms with Crippen molar-refractivity contribution in [3.8, 4) is 5.75 Å². The Kier molecular flexibility index (Phi) is 4.54. The van der Waals surface area contributed by atoms with Crippen LogP contribution in [0.5, 0.6) is 5.75 Å². The van der Waals surface area contributed by atoms with E-state index in [4.69, 9.17) is 0 Å². The number of rotatable bonds is 3. The van der Waals surface area contributed by atoms with Gasteiger partial charge >= 0.3 is 6.36 Å². The van der Waals surface area contributed by atoms with Gasteiger partial charge < -0.3 is 10.1 Å². The van der Waals surface area contributed by atoms with Crippen LogP contribution in [0.3, 0.4) is 0 Å². The van der Waals surface area contributed by atoms with Crippen LogP contribution in [0.1, 0.15) is 0 Å². The van der Waals surface area contributed by atoms with Crippen LogP contribution in [0.15, 0.2) is 45.5 Å². The molecule has 0 radical (unpaired) electrons. The van der Waals surface area contributed by atoms with E-state index in [2.05, 4.69) is 46.9 Å². The molecule has 1 aromatic heterocycles. The monoisotopic (exact) mass is 410 g/mol. The lowest BCUT2D eigenvalue weighted by molar-refractivity contribution is -0.274. The van der Waals surface area contributed by atoms with Crippen LogP contribution < -0.4 is 10.1 Å². The summed E-state index contributed by atoms with van der Waals surface area (Å²) in [7, 11) is 0. The zero-order chi connectivity index (χ0) is 14.8. The predicted octanol–water partition coefficient (Wildman–Crippen LogP) is 5.25. The SMILES string of the molecule is FC(F)(F)Oc1ccc(Nc2cccc(Br)n2)cc1Br. The zero-order valence-electron chi connectivity index (χ0n) is 9.71. The Morgan fingerprint density at radius 3 is 2.45 bits per heavy atom. The Morgan fingerprint density at radius 2 is 1.85 bits per heavy atom. The molecule has 0 unspecified atom stereocenters. The van der Waals surface area contributed by atoms with Crippen LogP contribution in [-0.4, -0.2) is 11.3 Å². The number of halogens is 5. The summed E-state index contributed by atoms with van der Waals surface area (Å²) in [4.78, 5) is 4.16. The molecule has 1 N–H and O–H groups in total. The van der Waals surface area contributed by atoms with Crippen LogP contribution in [-0.2, 0) is 0 Å². The van der Waals surface area contributed by atoms with Gasteiger partial charge in [0.2, 0.25) is 0 Å². The number of ether oxygens (including phenoxy) is 1. The molecule has 0 saturated heterocycles. The highest BCUT2D eigenvalue weighted by Gasteiger charge is 2.31. The highest BCUT2D eigenvalue weighted by molar-refractivity contribution is 9.10. The summed E-state index contributed by atoms with van der Waals surface area (Å²) in [6, 6.07) is 9.45. The van der Waals surface area contributed by atoms with E-state index in [9.17, 15) is 13.2 Å². The van der Waals surface area contributed by atoms with Gasteiger partial charge in [-0.3, -0.25) is 0 Å². The van der Waals surface area contributed by atoms with E-state index in [-0.39, 0.29) is 10.2 Å². The van der Waals surface area contributed by atoms with Crippen LogP contribution >= 0.6 is 31.9 Å². The average Bonchev–Trinajstić information content (AvgIpc) is 2.31. The fraction of sp³-hybridized carbons (Fsp3) is 0.0833. The van der Waals surface area contributed by atoms with E-state index in [0.717, 1.165) is 0 Å². The molecule has 0 amide bonds. The number of alkyl halides is 3. The summed E-state index contributed by atoms with van der Waals surface area (Å²) < 4.78 is 41.1. The van der Waals surface area contributed by atoms with Crippen molar-refractivity contribution in [3.05, 3.63) is 45.5 Å². The largest absolute Gasteiger partial charge is 0.573 e. The van der Waals surface area contributed by atoms with Crippen molar-refractivity contribution in [3.63, 3.8) is 0 Å². The molecule has 3 nitrogen and oxygen atoms in total. The highest BCUT2D eigenvalue weighted by Crippen LogP contribution is 2.33. The maximum Gasteiger partial charge on any atom is 0.573 e. The molecule has 0 bridgehead atoms. The third-order valence-electron chi connectivity index (χ3n) is 2.15. The summed E-state index contributed by atoms with van der Waals surface area (Å²) in [5, 5.41) is 2.97. The Balaban J connectivity index is 2.17. The van der Waals surface area contributed by atoms with Gasteiger partial charge in [0, 0.05) is 5.69 Å². The molecule has 0 aliphatic heterocycles. The molecule has 8 heteroatoms. The first-order valence-corrected chi connectivity index (χ1v) is 6.87. The topological polar surface area (TPSA) is 34.1 Å². The Bertz CT molecular complexity index is 620. The molecule has 2 aromatic rings. The van der Waals surface area contributed by atoms with E-state index in [1.54, 1.807) is 18.2 Å². The van der Waals surface area contributed by atoms with Crippen molar-refractivity contribution >= 4 is 43.4 Å². The molecule has 106 valence electrons. The normalized spacial score (nSPS) is 11.2. The lowest BCUT2D eigenvalue weighted by atomic mass is 10.3. The molecule has 0 aliphatic rings. The first-order chi connectivity index (χ1) is 9.33. The number of pyridine rings is 1. The number of hydrogen-bond donors (Lipinski definition) is 1. The lowest BCUT2D eigenvalue weighted by Crippen LogP contribution is -2.17. The van der Waals surface area contributed by atoms with Crippen LogP contribution in [0.4, 0.5) is 24.7 Å². The second kappa shape index (κ2) is 6.01. The van der Waals surface area contributed by atoms with E-state index >= 15 is 0 Å². The van der Waals surface area contributed by atoms with Gasteiger partial charge in [-0.15, -0.1) is 13.2 Å². The summed E-state index contributed by atoms with van der Waals surface area (Å²) in [6.07, 6.45) is -4.72. The summed E-state index contributed by atoms with van der Waals surface area (Å²) in [6.45, 7) is 0. The number of benzene rings is 1. The number of anilines is 2. The van der Waals surface area contributed by atoms with E-state index in [1.807, 2.05) is 0 Å². The van der Waals surface area contributed by atoms with Gasteiger partial charge in [0.15, 0.2) is 0 Å². The quantitative estimate of drug-likeness (QED) is 0.700. The van der Waals surface area contributed by atoms with E-state index < -0.39 is 6.36 Å². The van der Waals surface area contributed by atoms with E-state index in [1.165, 1.54) is 18.2 Å². The standard InChI is InChI=1S/C12H7Br2F3N2O/c13-8-6-7(4-5-9(8)20-12(15,16)17)18-11-3-1-2-10(14)19-11/h1-6H,(H,18,19). The summed E-state index contributed by atoms with van der Waals surface area (Å²) in [5.41, 5.74) is 0.581. The van der Waals surface area contributed by atoms with Gasteiger partial charge in [0.05, 0.1) is 4.47 Å². The molecule has 20 heavy (non-hydrogen) atoms. The molecular formula is C12H7Br2F3N2O. The minimum Gasteiger partial charge on any atom is -0.405 e. The second-order valence-electron chi connectivity index (χ2n) is 3.66. The average molecular weight is 412 g/mol. The molecule has 0 aliphatic carbocycles. The second-order valence-corrected chi connectivity index (χ2v) is 5.33. The Morgan fingerprint density at radius 1 is 1.10 bits per heavy atom. The van der Waals surface area contributed by atoms with Gasteiger partial charge in [0.1, 0.15) is 16.2 Å². The fourth-order valence-corrected chi connectivity index (χ4v) is 2.22. The van der Waals surface area contributed by atoms with Crippen molar-refractivity contribution in [1.82, 2.24) is 4.98 Å². The molecule has 1 aromatic carbocycles. The van der Waals surface area contributed by atoms with Crippen LogP contribution in [0.2, 0.25) is 0 Å². The lowest BCUT2D eigenvalue weighted by Gasteiger charge is -2.12. The maximum atomic E-state index is 12.1. The third-order valence-corrected chi connectivity index (χ3v) is 3.21. The highest BCUT2D eigenvalue weighted by atomic mass is 79.9. The van der Waals surface area contributed by atoms with Crippen molar-refractivity contribution < 1.29 is 17.9 Å². The molecule has 0 saturated carbocycles. The molecule has 0 atom stereocenters. The number of aromatic nitrogens is 1. The molecular weight excluding hydrogens is 405 g/mol. The van der Waals surface area contributed by atoms with Gasteiger partial charge in [-0.2, -0.15) is 0 Å². The Hall–Kier alpha value is -1.28. The minimum atomic E-state index is -4.72. The molecule has 0 fully saturated rings. The Labute approximate surface area is 129 Å². The van der Waals surface area contributed by atoms with Crippen molar-refractivity contribution in [1.29, 1.82) is 0 Å². The fourth-order valence-electron chi connectivity index (χ4n) is 1.41.